The minimum Gasteiger partial charge on any atom is -0.467 e. The molecule has 0 spiro atoms. The van der Waals surface area contributed by atoms with E-state index in [0.717, 1.165) is 44.5 Å². The molecule has 0 saturated carbocycles. The van der Waals surface area contributed by atoms with E-state index >= 15 is 0 Å². The highest BCUT2D eigenvalue weighted by molar-refractivity contribution is 5.85. The maximum atomic E-state index is 13.1. The fourth-order valence-corrected chi connectivity index (χ4v) is 3.31. The predicted octanol–water partition coefficient (Wildman–Crippen LogP) is 3.60. The Hall–Kier alpha value is -1.82. The summed E-state index contributed by atoms with van der Waals surface area (Å²) in [7, 11) is 0. The maximum Gasteiger partial charge on any atom is 0.242 e. The minimum atomic E-state index is -0.0490. The zero-order chi connectivity index (χ0) is 19.6. The summed E-state index contributed by atoms with van der Waals surface area (Å²) in [6.45, 7) is 7.93. The van der Waals surface area contributed by atoms with Crippen LogP contribution in [-0.4, -0.2) is 53.5 Å². The summed E-state index contributed by atoms with van der Waals surface area (Å²) in [6.07, 6.45) is 6.83. The molecule has 27 heavy (non-hydrogen) atoms. The van der Waals surface area contributed by atoms with Crippen LogP contribution in [0.25, 0.3) is 0 Å². The Morgan fingerprint density at radius 1 is 1.30 bits per heavy atom. The molecule has 1 aromatic heterocycles. The Morgan fingerprint density at radius 3 is 2.70 bits per heavy atom. The van der Waals surface area contributed by atoms with Gasteiger partial charge in [-0.15, -0.1) is 0 Å². The third kappa shape index (κ3) is 6.69. The van der Waals surface area contributed by atoms with E-state index in [0.29, 0.717) is 19.5 Å². The van der Waals surface area contributed by atoms with Crippen LogP contribution in [-0.2, 0) is 20.9 Å². The first-order valence-corrected chi connectivity index (χ1v) is 10.3. The molecule has 1 saturated heterocycles. The van der Waals surface area contributed by atoms with Crippen LogP contribution in [0.2, 0.25) is 0 Å². The number of carbonyl (C=O) groups is 2. The lowest BCUT2D eigenvalue weighted by Crippen LogP contribution is -2.47. The molecule has 2 heterocycles. The molecule has 0 aromatic carbocycles. The number of rotatable bonds is 11. The SMILES string of the molecule is CCCCC(=O)N(CC(=O)N(Cc1ccco1)C[C@H]1CCCO1)[C@@H](C)CC. The fraction of sp³-hybridized carbons (Fsp3) is 0.714. The van der Waals surface area contributed by atoms with Gasteiger partial charge in [-0.25, -0.2) is 0 Å². The van der Waals surface area contributed by atoms with Gasteiger partial charge in [-0.1, -0.05) is 20.3 Å². The number of nitrogens with zero attached hydrogens (tertiary/aromatic N) is 2. The fourth-order valence-electron chi connectivity index (χ4n) is 3.31. The molecule has 0 unspecified atom stereocenters. The number of carbonyl (C=O) groups excluding carboxylic acids is 2. The monoisotopic (exact) mass is 378 g/mol. The molecule has 1 fully saturated rings. The van der Waals surface area contributed by atoms with Gasteiger partial charge in [0.15, 0.2) is 0 Å². The Kier molecular flexibility index (Phi) is 8.85. The Morgan fingerprint density at radius 2 is 2.11 bits per heavy atom. The smallest absolute Gasteiger partial charge is 0.242 e. The van der Waals surface area contributed by atoms with Crippen LogP contribution < -0.4 is 0 Å². The van der Waals surface area contributed by atoms with Crippen molar-refractivity contribution in [3.05, 3.63) is 24.2 Å². The number of furan rings is 1. The molecule has 0 N–H and O–H groups in total. The van der Waals surface area contributed by atoms with E-state index in [-0.39, 0.29) is 30.5 Å². The molecule has 1 aromatic rings. The van der Waals surface area contributed by atoms with E-state index in [1.165, 1.54) is 0 Å². The van der Waals surface area contributed by atoms with E-state index in [1.54, 1.807) is 16.1 Å². The molecular formula is C21H34N2O4. The summed E-state index contributed by atoms with van der Waals surface area (Å²) in [5, 5.41) is 0. The van der Waals surface area contributed by atoms with Crippen LogP contribution in [0.1, 0.15) is 65.1 Å². The zero-order valence-corrected chi connectivity index (χ0v) is 17.0. The maximum absolute atomic E-state index is 13.1. The number of unbranched alkanes of at least 4 members (excludes halogenated alkanes) is 1. The summed E-state index contributed by atoms with van der Waals surface area (Å²) in [6, 6.07) is 3.74. The average molecular weight is 379 g/mol. The van der Waals surface area contributed by atoms with Crippen LogP contribution in [0.15, 0.2) is 22.8 Å². The third-order valence-electron chi connectivity index (χ3n) is 5.22. The Bertz CT molecular complexity index is 567. The van der Waals surface area contributed by atoms with E-state index in [1.807, 2.05) is 26.0 Å². The molecule has 2 atom stereocenters. The van der Waals surface area contributed by atoms with Crippen molar-refractivity contribution >= 4 is 11.8 Å². The standard InChI is InChI=1S/C21H34N2O4/c1-4-6-11-20(24)23(17(3)5-2)16-21(25)22(14-18-9-7-12-26-18)15-19-10-8-13-27-19/h7,9,12,17,19H,4-6,8,10-11,13-16H2,1-3H3/t17-,19+/m0/s1. The summed E-state index contributed by atoms with van der Waals surface area (Å²) in [5.41, 5.74) is 0. The van der Waals surface area contributed by atoms with Crippen LogP contribution in [0.5, 0.6) is 0 Å². The van der Waals surface area contributed by atoms with Crippen LogP contribution >= 0.6 is 0 Å². The van der Waals surface area contributed by atoms with Gasteiger partial charge in [0.1, 0.15) is 12.3 Å². The van der Waals surface area contributed by atoms with Gasteiger partial charge in [0.25, 0.3) is 0 Å². The van der Waals surface area contributed by atoms with E-state index < -0.39 is 0 Å². The molecule has 0 radical (unpaired) electrons. The van der Waals surface area contributed by atoms with Gasteiger partial charge < -0.3 is 19.0 Å². The first kappa shape index (κ1) is 21.5. The third-order valence-corrected chi connectivity index (χ3v) is 5.22. The Labute approximate surface area is 162 Å². The zero-order valence-electron chi connectivity index (χ0n) is 17.0. The summed E-state index contributed by atoms with van der Waals surface area (Å²) < 4.78 is 11.2. The molecule has 2 rings (SSSR count). The average Bonchev–Trinajstić information content (AvgIpc) is 3.37. The van der Waals surface area contributed by atoms with E-state index in [9.17, 15) is 9.59 Å². The number of hydrogen-bond donors (Lipinski definition) is 0. The molecule has 0 bridgehead atoms. The quantitative estimate of drug-likeness (QED) is 0.590. The van der Waals surface area contributed by atoms with Gasteiger partial charge in [0.2, 0.25) is 11.8 Å². The number of hydrogen-bond acceptors (Lipinski definition) is 4. The molecular weight excluding hydrogens is 344 g/mol. The van der Waals surface area contributed by atoms with Gasteiger partial charge in [0, 0.05) is 25.6 Å². The van der Waals surface area contributed by atoms with Crippen LogP contribution in [0, 0.1) is 0 Å². The van der Waals surface area contributed by atoms with Crippen molar-refractivity contribution in [3.63, 3.8) is 0 Å². The molecule has 152 valence electrons. The van der Waals surface area contributed by atoms with Gasteiger partial charge in [-0.3, -0.25) is 9.59 Å². The van der Waals surface area contributed by atoms with Crippen molar-refractivity contribution in [1.29, 1.82) is 0 Å². The second kappa shape index (κ2) is 11.1. The minimum absolute atomic E-state index is 0.0477. The molecule has 6 heteroatoms. The van der Waals surface area contributed by atoms with Gasteiger partial charge in [-0.05, 0) is 44.7 Å². The van der Waals surface area contributed by atoms with Gasteiger partial charge >= 0.3 is 0 Å². The molecule has 6 nitrogen and oxygen atoms in total. The van der Waals surface area contributed by atoms with Crippen LogP contribution in [0.3, 0.4) is 0 Å². The second-order valence-electron chi connectivity index (χ2n) is 7.37. The lowest BCUT2D eigenvalue weighted by atomic mass is 10.1. The topological polar surface area (TPSA) is 63.0 Å². The lowest BCUT2D eigenvalue weighted by molar-refractivity contribution is -0.143. The normalized spacial score (nSPS) is 17.7. The highest BCUT2D eigenvalue weighted by atomic mass is 16.5. The summed E-state index contributed by atoms with van der Waals surface area (Å²) in [5.74, 6) is 0.760. The summed E-state index contributed by atoms with van der Waals surface area (Å²) in [4.78, 5) is 29.2. The van der Waals surface area contributed by atoms with Crippen LogP contribution in [0.4, 0.5) is 0 Å². The number of amides is 2. The van der Waals surface area contributed by atoms with Crippen molar-refractivity contribution in [1.82, 2.24) is 9.80 Å². The highest BCUT2D eigenvalue weighted by Gasteiger charge is 2.27. The van der Waals surface area contributed by atoms with Crippen molar-refractivity contribution < 1.29 is 18.7 Å². The second-order valence-corrected chi connectivity index (χ2v) is 7.37. The number of ether oxygens (including phenoxy) is 1. The van der Waals surface area contributed by atoms with Gasteiger partial charge in [-0.2, -0.15) is 0 Å². The van der Waals surface area contributed by atoms with E-state index in [2.05, 4.69) is 6.92 Å². The molecule has 2 amide bonds. The molecule has 1 aliphatic rings. The Balaban J connectivity index is 2.06. The first-order chi connectivity index (χ1) is 13.0. The van der Waals surface area contributed by atoms with Gasteiger partial charge in [0.05, 0.1) is 18.9 Å². The predicted molar refractivity (Wildman–Crippen MR) is 104 cm³/mol. The van der Waals surface area contributed by atoms with Crippen molar-refractivity contribution in [2.24, 2.45) is 0 Å². The summed E-state index contributed by atoms with van der Waals surface area (Å²) >= 11 is 0. The van der Waals surface area contributed by atoms with Crippen molar-refractivity contribution in [3.8, 4) is 0 Å². The van der Waals surface area contributed by atoms with Crippen molar-refractivity contribution in [2.45, 2.75) is 78.0 Å². The molecule has 1 aliphatic heterocycles. The largest absolute Gasteiger partial charge is 0.467 e. The first-order valence-electron chi connectivity index (χ1n) is 10.3. The van der Waals surface area contributed by atoms with E-state index in [4.69, 9.17) is 9.15 Å². The van der Waals surface area contributed by atoms with Crippen molar-refractivity contribution in [2.75, 3.05) is 19.7 Å². The molecule has 0 aliphatic carbocycles. The lowest BCUT2D eigenvalue weighted by Gasteiger charge is -2.32. The highest BCUT2D eigenvalue weighted by Crippen LogP contribution is 2.17.